The van der Waals surface area contributed by atoms with Crippen LogP contribution in [0, 0.1) is 11.3 Å². The van der Waals surface area contributed by atoms with Crippen LogP contribution in [0.4, 0.5) is 0 Å². The Morgan fingerprint density at radius 3 is 2.47 bits per heavy atom. The number of nitrogens with one attached hydrogen (secondary N) is 1. The largest absolute Gasteiger partial charge is 0.386 e. The lowest BCUT2D eigenvalue weighted by Crippen LogP contribution is -2.44. The summed E-state index contributed by atoms with van der Waals surface area (Å²) < 4.78 is 0. The zero-order chi connectivity index (χ0) is 11.3. The summed E-state index contributed by atoms with van der Waals surface area (Å²) in [5.74, 6) is 1.15. The van der Waals surface area contributed by atoms with Gasteiger partial charge in [0, 0.05) is 6.54 Å². The van der Waals surface area contributed by atoms with Crippen molar-refractivity contribution in [2.24, 2.45) is 11.7 Å². The maximum Gasteiger partial charge on any atom is 0.108 e. The van der Waals surface area contributed by atoms with Crippen LogP contribution in [0.1, 0.15) is 45.4 Å². The van der Waals surface area contributed by atoms with E-state index in [4.69, 9.17) is 11.1 Å². The molecule has 0 aliphatic heterocycles. The normalized spacial score (nSPS) is 20.5. The Morgan fingerprint density at radius 2 is 2.00 bits per heavy atom. The van der Waals surface area contributed by atoms with Crippen molar-refractivity contribution in [2.45, 2.75) is 51.5 Å². The number of likely N-dealkylation sites (N-methyl/N-ethyl adjacent to an activating group) is 1. The summed E-state index contributed by atoms with van der Waals surface area (Å²) in [5, 5.41) is 7.54. The standard InChI is InChI=1S/C12H25N3/c1-3-11(12(13)14)15(2)9-10-7-5-4-6-8-10/h10-11H,3-9H2,1-2H3,(H3,13,14). The zero-order valence-electron chi connectivity index (χ0n) is 10.1. The Balaban J connectivity index is 2.38. The minimum atomic E-state index is 0.145. The number of nitrogens with two attached hydrogens (primary N) is 1. The molecule has 3 heteroatoms. The third-order valence-electron chi connectivity index (χ3n) is 3.55. The Bertz CT molecular complexity index is 197. The van der Waals surface area contributed by atoms with E-state index in [1.807, 2.05) is 0 Å². The van der Waals surface area contributed by atoms with Gasteiger partial charge >= 0.3 is 0 Å². The van der Waals surface area contributed by atoms with E-state index >= 15 is 0 Å². The van der Waals surface area contributed by atoms with Crippen molar-refractivity contribution in [3.05, 3.63) is 0 Å². The molecule has 0 bridgehead atoms. The van der Waals surface area contributed by atoms with Crippen LogP contribution in [0.15, 0.2) is 0 Å². The summed E-state index contributed by atoms with van der Waals surface area (Å²) in [5.41, 5.74) is 5.59. The fourth-order valence-electron chi connectivity index (χ4n) is 2.67. The lowest BCUT2D eigenvalue weighted by atomic mass is 9.88. The summed E-state index contributed by atoms with van der Waals surface area (Å²) in [6.07, 6.45) is 7.84. The lowest BCUT2D eigenvalue weighted by molar-refractivity contribution is 0.209. The van der Waals surface area contributed by atoms with Crippen molar-refractivity contribution in [1.82, 2.24) is 4.90 Å². The van der Waals surface area contributed by atoms with Crippen molar-refractivity contribution < 1.29 is 0 Å². The molecular weight excluding hydrogens is 186 g/mol. The average molecular weight is 211 g/mol. The SMILES string of the molecule is CCC(C(=N)N)N(C)CC1CCCCC1. The van der Waals surface area contributed by atoms with Gasteiger partial charge in [0.25, 0.3) is 0 Å². The highest BCUT2D eigenvalue weighted by molar-refractivity contribution is 5.82. The molecule has 0 radical (unpaired) electrons. The number of nitrogens with zero attached hydrogens (tertiary/aromatic N) is 1. The van der Waals surface area contributed by atoms with Crippen LogP contribution in [0.5, 0.6) is 0 Å². The van der Waals surface area contributed by atoms with Crippen molar-refractivity contribution in [1.29, 1.82) is 5.41 Å². The van der Waals surface area contributed by atoms with E-state index in [9.17, 15) is 0 Å². The smallest absolute Gasteiger partial charge is 0.108 e. The molecule has 0 saturated heterocycles. The fraction of sp³-hybridized carbons (Fsp3) is 0.917. The van der Waals surface area contributed by atoms with Gasteiger partial charge in [-0.25, -0.2) is 0 Å². The zero-order valence-corrected chi connectivity index (χ0v) is 10.1. The topological polar surface area (TPSA) is 53.1 Å². The van der Waals surface area contributed by atoms with Crippen LogP contribution in [0.25, 0.3) is 0 Å². The molecule has 1 atom stereocenters. The van der Waals surface area contributed by atoms with E-state index in [-0.39, 0.29) is 6.04 Å². The van der Waals surface area contributed by atoms with Gasteiger partial charge in [0.2, 0.25) is 0 Å². The van der Waals surface area contributed by atoms with Gasteiger partial charge in [-0.1, -0.05) is 26.2 Å². The Kier molecular flexibility index (Phi) is 5.09. The van der Waals surface area contributed by atoms with Crippen molar-refractivity contribution in [3.63, 3.8) is 0 Å². The minimum absolute atomic E-state index is 0.145. The highest BCUT2D eigenvalue weighted by Gasteiger charge is 2.20. The third-order valence-corrected chi connectivity index (χ3v) is 3.55. The second-order valence-electron chi connectivity index (χ2n) is 4.82. The molecule has 0 aromatic heterocycles. The van der Waals surface area contributed by atoms with Crippen molar-refractivity contribution >= 4 is 5.84 Å². The molecule has 88 valence electrons. The summed E-state index contributed by atoms with van der Waals surface area (Å²) in [7, 11) is 2.10. The molecular formula is C12H25N3. The molecule has 1 rings (SSSR count). The first kappa shape index (κ1) is 12.5. The number of hydrogen-bond donors (Lipinski definition) is 2. The Labute approximate surface area is 93.5 Å². The monoisotopic (exact) mass is 211 g/mol. The predicted molar refractivity (Wildman–Crippen MR) is 65.2 cm³/mol. The fourth-order valence-corrected chi connectivity index (χ4v) is 2.67. The number of rotatable bonds is 5. The quantitative estimate of drug-likeness (QED) is 0.541. The van der Waals surface area contributed by atoms with Crippen LogP contribution in [-0.2, 0) is 0 Å². The van der Waals surface area contributed by atoms with Crippen LogP contribution >= 0.6 is 0 Å². The van der Waals surface area contributed by atoms with Crippen LogP contribution < -0.4 is 5.73 Å². The molecule has 1 saturated carbocycles. The van der Waals surface area contributed by atoms with E-state index in [2.05, 4.69) is 18.9 Å². The lowest BCUT2D eigenvalue weighted by Gasteiger charge is -2.31. The van der Waals surface area contributed by atoms with Crippen LogP contribution in [0.2, 0.25) is 0 Å². The molecule has 1 fully saturated rings. The predicted octanol–water partition coefficient (Wildman–Crippen LogP) is 2.21. The molecule has 1 unspecified atom stereocenters. The molecule has 0 aromatic rings. The molecule has 0 aromatic carbocycles. The number of hydrogen-bond acceptors (Lipinski definition) is 2. The minimum Gasteiger partial charge on any atom is -0.386 e. The van der Waals surface area contributed by atoms with Gasteiger partial charge in [0.05, 0.1) is 6.04 Å². The second kappa shape index (κ2) is 6.11. The van der Waals surface area contributed by atoms with Gasteiger partial charge in [-0.3, -0.25) is 10.3 Å². The molecule has 15 heavy (non-hydrogen) atoms. The van der Waals surface area contributed by atoms with E-state index in [0.29, 0.717) is 5.84 Å². The van der Waals surface area contributed by atoms with Crippen LogP contribution in [0.3, 0.4) is 0 Å². The second-order valence-corrected chi connectivity index (χ2v) is 4.82. The Hall–Kier alpha value is -0.570. The summed E-state index contributed by atoms with van der Waals surface area (Å²) >= 11 is 0. The Morgan fingerprint density at radius 1 is 1.40 bits per heavy atom. The first-order valence-corrected chi connectivity index (χ1v) is 6.19. The molecule has 0 spiro atoms. The highest BCUT2D eigenvalue weighted by atomic mass is 15.1. The maximum absolute atomic E-state index is 7.54. The van der Waals surface area contributed by atoms with Crippen molar-refractivity contribution in [2.75, 3.05) is 13.6 Å². The van der Waals surface area contributed by atoms with Gasteiger partial charge in [-0.15, -0.1) is 0 Å². The summed E-state index contributed by atoms with van der Waals surface area (Å²) in [6, 6.07) is 0.145. The molecule has 3 nitrogen and oxygen atoms in total. The first-order chi connectivity index (χ1) is 7.15. The van der Waals surface area contributed by atoms with E-state index in [0.717, 1.165) is 18.9 Å². The van der Waals surface area contributed by atoms with Crippen LogP contribution in [-0.4, -0.2) is 30.4 Å². The molecule has 0 heterocycles. The molecule has 1 aliphatic carbocycles. The molecule has 3 N–H and O–H groups in total. The van der Waals surface area contributed by atoms with Gasteiger partial charge in [0.15, 0.2) is 0 Å². The number of amidine groups is 1. The first-order valence-electron chi connectivity index (χ1n) is 6.19. The van der Waals surface area contributed by atoms with Gasteiger partial charge < -0.3 is 5.73 Å². The molecule has 0 amide bonds. The third kappa shape index (κ3) is 3.82. The molecule has 1 aliphatic rings. The maximum atomic E-state index is 7.54. The van der Waals surface area contributed by atoms with Gasteiger partial charge in [-0.2, -0.15) is 0 Å². The summed E-state index contributed by atoms with van der Waals surface area (Å²) in [6.45, 7) is 3.21. The average Bonchev–Trinajstić information content (AvgIpc) is 2.19. The van der Waals surface area contributed by atoms with Crippen molar-refractivity contribution in [3.8, 4) is 0 Å². The van der Waals surface area contributed by atoms with E-state index < -0.39 is 0 Å². The highest BCUT2D eigenvalue weighted by Crippen LogP contribution is 2.24. The van der Waals surface area contributed by atoms with Gasteiger partial charge in [0.1, 0.15) is 5.84 Å². The van der Waals surface area contributed by atoms with E-state index in [1.54, 1.807) is 0 Å². The van der Waals surface area contributed by atoms with Gasteiger partial charge in [-0.05, 0) is 32.2 Å². The van der Waals surface area contributed by atoms with E-state index in [1.165, 1.54) is 32.1 Å². The summed E-state index contributed by atoms with van der Waals surface area (Å²) in [4.78, 5) is 2.26.